The third kappa shape index (κ3) is 2.08. The van der Waals surface area contributed by atoms with Crippen molar-refractivity contribution in [2.24, 2.45) is 10.4 Å². The van der Waals surface area contributed by atoms with Crippen LogP contribution in [0.15, 0.2) is 4.99 Å². The van der Waals surface area contributed by atoms with Gasteiger partial charge >= 0.3 is 6.03 Å². The number of nitrogens with zero attached hydrogens (tertiary/aromatic N) is 1. The second-order valence-electron chi connectivity index (χ2n) is 3.37. The molecule has 2 aliphatic rings. The van der Waals surface area contributed by atoms with Crippen LogP contribution in [-0.2, 0) is 9.53 Å². The number of urea groups is 1. The average molecular weight is 220 g/mol. The second kappa shape index (κ2) is 4.61. The van der Waals surface area contributed by atoms with Gasteiger partial charge in [0, 0.05) is 42.8 Å². The van der Waals surface area contributed by atoms with Crippen molar-refractivity contribution in [1.29, 1.82) is 0 Å². The van der Waals surface area contributed by atoms with Gasteiger partial charge in [-0.15, -0.1) is 0 Å². The Labute approximate surface area is 108 Å². The van der Waals surface area contributed by atoms with E-state index in [9.17, 15) is 14.7 Å². The predicted molar refractivity (Wildman–Crippen MR) is 49.2 cm³/mol. The molecule has 0 aliphatic carbocycles. The van der Waals surface area contributed by atoms with Crippen molar-refractivity contribution in [3.63, 3.8) is 0 Å². The van der Waals surface area contributed by atoms with Crippen molar-refractivity contribution in [3.05, 3.63) is 0 Å². The molecular weight excluding hydrogens is 211 g/mol. The number of hydrogen-bond acceptors (Lipinski definition) is 4. The maximum absolute atomic E-state index is 11.5. The zero-order valence-electron chi connectivity index (χ0n) is 8.41. The number of ether oxygens (including phenoxy) is 1. The van der Waals surface area contributed by atoms with Gasteiger partial charge < -0.3 is 9.84 Å². The van der Waals surface area contributed by atoms with E-state index in [1.165, 1.54) is 0 Å². The Morgan fingerprint density at radius 1 is 1.33 bits per heavy atom. The number of aliphatic imine (C=N–C) groups is 1. The van der Waals surface area contributed by atoms with Gasteiger partial charge in [0.2, 0.25) is 5.91 Å². The first kappa shape index (κ1) is 12.6. The van der Waals surface area contributed by atoms with E-state index in [-0.39, 0.29) is 29.6 Å². The summed E-state index contributed by atoms with van der Waals surface area (Å²) in [6, 6.07) is -0.864. The Bertz CT molecular complexity index is 323. The van der Waals surface area contributed by atoms with Crippen molar-refractivity contribution in [1.82, 2.24) is 5.32 Å². The first-order valence-corrected chi connectivity index (χ1v) is 4.34. The van der Waals surface area contributed by atoms with E-state index in [1.807, 2.05) is 5.32 Å². The minimum absolute atomic E-state index is 0. The van der Waals surface area contributed by atoms with Crippen LogP contribution in [0.5, 0.6) is 0 Å². The Morgan fingerprint density at radius 3 is 2.47 bits per heavy atom. The summed E-state index contributed by atoms with van der Waals surface area (Å²) in [5, 5.41) is 13.5. The molecule has 1 fully saturated rings. The summed E-state index contributed by atoms with van der Waals surface area (Å²) in [4.78, 5) is 25.5. The van der Waals surface area contributed by atoms with E-state index >= 15 is 0 Å². The third-order valence-corrected chi connectivity index (χ3v) is 2.61. The minimum atomic E-state index is -1.15. The molecule has 0 unspecified atom stereocenters. The second-order valence-corrected chi connectivity index (χ2v) is 3.37. The number of carbonyl (C=O) groups excluding carboxylic acids is 2. The molecule has 1 N–H and O–H groups in total. The Kier molecular flexibility index (Phi) is 3.88. The molecule has 2 aliphatic heterocycles. The smallest absolute Gasteiger partial charge is 0.346 e. The van der Waals surface area contributed by atoms with Gasteiger partial charge in [0.15, 0.2) is 0 Å². The van der Waals surface area contributed by atoms with Gasteiger partial charge in [-0.3, -0.25) is 10.1 Å². The van der Waals surface area contributed by atoms with Crippen molar-refractivity contribution >= 4 is 47.4 Å². The van der Waals surface area contributed by atoms with Crippen LogP contribution >= 0.6 is 0 Å². The van der Waals surface area contributed by atoms with Gasteiger partial charge in [-0.25, -0.2) is 9.79 Å². The van der Waals surface area contributed by atoms with E-state index in [1.54, 1.807) is 0 Å². The molecule has 3 amide bonds. The van der Waals surface area contributed by atoms with E-state index in [4.69, 9.17) is 4.74 Å². The predicted octanol–water partition coefficient (Wildman–Crippen LogP) is -1.59. The topological polar surface area (TPSA) is 90.8 Å². The van der Waals surface area contributed by atoms with E-state index in [0.29, 0.717) is 26.1 Å². The van der Waals surface area contributed by atoms with E-state index in [2.05, 4.69) is 4.99 Å². The normalized spacial score (nSPS) is 24.1. The van der Waals surface area contributed by atoms with Gasteiger partial charge in [0.25, 0.3) is 0 Å². The number of carbonyl (C=O) groups is 2. The molecule has 0 aromatic heterocycles. The quantitative estimate of drug-likeness (QED) is 0.498. The van der Waals surface area contributed by atoms with Crippen LogP contribution in [0.2, 0.25) is 0 Å². The van der Waals surface area contributed by atoms with Crippen LogP contribution in [0.4, 0.5) is 4.79 Å². The molecular formula is C8H9N2NaO4-. The van der Waals surface area contributed by atoms with Crippen molar-refractivity contribution in [3.8, 4) is 0 Å². The van der Waals surface area contributed by atoms with Crippen LogP contribution in [-0.4, -0.2) is 60.6 Å². The fourth-order valence-corrected chi connectivity index (χ4v) is 1.70. The number of rotatable bonds is 0. The molecule has 0 saturated carbocycles. The molecule has 0 bridgehead atoms. The fourth-order valence-electron chi connectivity index (χ4n) is 1.70. The first-order valence-electron chi connectivity index (χ1n) is 4.34. The van der Waals surface area contributed by atoms with Gasteiger partial charge in [-0.05, 0) is 18.7 Å². The summed E-state index contributed by atoms with van der Waals surface area (Å²) in [7, 11) is 0. The summed E-state index contributed by atoms with van der Waals surface area (Å²) in [6.45, 7) is 0.700. The Hall–Kier alpha value is -0.430. The molecule has 0 aromatic rings. The van der Waals surface area contributed by atoms with Crippen LogP contribution in [0.25, 0.3) is 0 Å². The molecule has 1 saturated heterocycles. The Morgan fingerprint density at radius 2 is 1.93 bits per heavy atom. The van der Waals surface area contributed by atoms with Gasteiger partial charge in [-0.1, -0.05) is 0 Å². The van der Waals surface area contributed by atoms with E-state index in [0.717, 1.165) is 0 Å². The fraction of sp³-hybridized carbons (Fsp3) is 0.625. The monoisotopic (exact) mass is 220 g/mol. The molecule has 2 rings (SSSR count). The summed E-state index contributed by atoms with van der Waals surface area (Å²) >= 11 is 0. The summed E-state index contributed by atoms with van der Waals surface area (Å²) < 4.78 is 5.06. The molecule has 2 heterocycles. The standard InChI is InChI=1S/C8H10N2O4.Na/c11-5-8(1-3-14-4-2-8)6(12)10-7(13)9-5;/h1-4H2,(H2,9,10,11,12,13);/p-1. The van der Waals surface area contributed by atoms with Crippen molar-refractivity contribution in [2.75, 3.05) is 13.2 Å². The van der Waals surface area contributed by atoms with Gasteiger partial charge in [-0.2, -0.15) is 0 Å². The third-order valence-electron chi connectivity index (χ3n) is 2.61. The largest absolute Gasteiger partial charge is 0.861 e. The molecule has 0 atom stereocenters. The summed E-state index contributed by atoms with van der Waals surface area (Å²) in [5.74, 6) is -1.17. The number of imide groups is 1. The molecule has 77 valence electrons. The minimum Gasteiger partial charge on any atom is -0.861 e. The van der Waals surface area contributed by atoms with Gasteiger partial charge in [0.05, 0.1) is 5.41 Å². The SMILES string of the molecule is O=C1N=C([O-])C2(CCOCC2)C(=O)N1.[Na]. The maximum atomic E-state index is 11.5. The Balaban J connectivity index is 0.00000112. The van der Waals surface area contributed by atoms with E-state index < -0.39 is 23.3 Å². The maximum Gasteiger partial charge on any atom is 0.346 e. The molecule has 1 radical (unpaired) electrons. The molecule has 15 heavy (non-hydrogen) atoms. The van der Waals surface area contributed by atoms with Crippen molar-refractivity contribution in [2.45, 2.75) is 12.8 Å². The van der Waals surface area contributed by atoms with Crippen LogP contribution < -0.4 is 10.4 Å². The van der Waals surface area contributed by atoms with Crippen LogP contribution in [0.3, 0.4) is 0 Å². The molecule has 1 spiro atoms. The van der Waals surface area contributed by atoms with Crippen LogP contribution in [0, 0.1) is 5.41 Å². The summed E-state index contributed by atoms with van der Waals surface area (Å²) in [5.41, 5.74) is -1.15. The number of amides is 3. The average Bonchev–Trinajstić information content (AvgIpc) is 2.16. The molecule has 0 aromatic carbocycles. The zero-order valence-corrected chi connectivity index (χ0v) is 10.4. The van der Waals surface area contributed by atoms with Crippen molar-refractivity contribution < 1.29 is 19.4 Å². The zero-order chi connectivity index (χ0) is 10.2. The molecule has 6 nitrogen and oxygen atoms in total. The van der Waals surface area contributed by atoms with Gasteiger partial charge in [0.1, 0.15) is 0 Å². The van der Waals surface area contributed by atoms with Crippen LogP contribution in [0.1, 0.15) is 12.8 Å². The molecule has 7 heteroatoms. The number of nitrogens with one attached hydrogen (secondary N) is 1. The number of hydrogen-bond donors (Lipinski definition) is 1. The summed E-state index contributed by atoms with van der Waals surface area (Å²) in [6.07, 6.45) is 0.600. The first-order chi connectivity index (χ1) is 6.65.